The largest absolute Gasteiger partial charge is 0.103 e. The van der Waals surface area contributed by atoms with Crippen LogP contribution >= 0.6 is 30.2 Å². The number of hydrogen-bond acceptors (Lipinski definition) is 0. The molecule has 2 heterocycles. The van der Waals surface area contributed by atoms with Crippen molar-refractivity contribution >= 4 is 50.3 Å². The Morgan fingerprint density at radius 3 is 0.731 bits per heavy atom. The van der Waals surface area contributed by atoms with E-state index in [1.807, 2.05) is 0 Å². The molecule has 0 N–H and O–H groups in total. The predicted octanol–water partition coefficient (Wildman–Crippen LogP) is 18.2. The van der Waals surface area contributed by atoms with Crippen molar-refractivity contribution < 1.29 is 0 Å². The monoisotopic (exact) mass is 956 g/mol. The van der Waals surface area contributed by atoms with Gasteiger partial charge in [0.25, 0.3) is 0 Å². The van der Waals surface area contributed by atoms with E-state index in [-0.39, 0.29) is 10.3 Å². The van der Waals surface area contributed by atoms with Gasteiger partial charge >= 0.3 is 0 Å². The summed E-state index contributed by atoms with van der Waals surface area (Å²) in [6.45, 7) is 43.1. The number of hydrogen-bond donors (Lipinski definition) is 0. The molecule has 67 heavy (non-hydrogen) atoms. The Hall–Kier alpha value is -3.74. The summed E-state index contributed by atoms with van der Waals surface area (Å²) >= 11 is 0. The summed E-state index contributed by atoms with van der Waals surface area (Å²) in [6, 6.07) is 38.6. The van der Waals surface area contributed by atoms with Crippen LogP contribution in [0.25, 0.3) is 0 Å². The molecule has 0 bridgehead atoms. The summed E-state index contributed by atoms with van der Waals surface area (Å²) in [7, 11) is -2.20. The zero-order valence-corrected chi connectivity index (χ0v) is 47.7. The molecule has 0 amide bonds. The van der Waals surface area contributed by atoms with Gasteiger partial charge in [0.15, 0.2) is 0 Å². The summed E-state index contributed by atoms with van der Waals surface area (Å²) in [6.07, 6.45) is 3.12. The molecule has 2 aliphatic heterocycles. The Labute approximate surface area is 410 Å². The molecule has 0 saturated heterocycles. The van der Waals surface area contributed by atoms with Crippen molar-refractivity contribution in [2.45, 2.75) is 154 Å². The molecular weight excluding hydrogens is 881 g/mol. The minimum Gasteiger partial charge on any atom is -0.103 e. The molecule has 4 heteroatoms. The van der Waals surface area contributed by atoms with Crippen molar-refractivity contribution in [3.05, 3.63) is 208 Å². The fourth-order valence-corrected chi connectivity index (χ4v) is 31.2. The lowest BCUT2D eigenvalue weighted by atomic mass is 9.97. The van der Waals surface area contributed by atoms with Gasteiger partial charge in [-0.1, -0.05) is 161 Å². The second-order valence-corrected chi connectivity index (χ2v) is 33.6. The van der Waals surface area contributed by atoms with Crippen LogP contribution in [0.4, 0.5) is 0 Å². The first-order valence-corrected chi connectivity index (χ1v) is 30.3. The minimum absolute atomic E-state index is 0.151. The SMILES string of the molecule is Cc1cc(C)c(C2=P(Cc3ccccc3Cc3ccccc3CP3=C(c4c(C)cc(C)cc4C)P(C(C)(C)C)C=3c3c(C)cc(C)cc3C)=C(c3c(C)cc(C)cc3C)P2C(C)(C)C)c(C)c1. The van der Waals surface area contributed by atoms with Crippen LogP contribution in [0.1, 0.15) is 153 Å². The number of benzene rings is 6. The highest BCUT2D eigenvalue weighted by Crippen LogP contribution is 2.70. The first kappa shape index (κ1) is 49.7. The molecule has 0 saturated carbocycles. The van der Waals surface area contributed by atoms with Crippen molar-refractivity contribution in [2.24, 2.45) is 0 Å². The smallest absolute Gasteiger partial charge is 0.0126 e. The van der Waals surface area contributed by atoms with Gasteiger partial charge in [0.1, 0.15) is 0 Å². The molecule has 0 aliphatic carbocycles. The third-order valence-corrected chi connectivity index (χ3v) is 28.9. The van der Waals surface area contributed by atoms with E-state index in [9.17, 15) is 0 Å². The van der Waals surface area contributed by atoms with Gasteiger partial charge in [0.05, 0.1) is 0 Å². The lowest BCUT2D eigenvalue weighted by molar-refractivity contribution is 0.796. The molecule has 0 spiro atoms. The van der Waals surface area contributed by atoms with Crippen molar-refractivity contribution in [1.82, 2.24) is 0 Å². The third-order valence-electron chi connectivity index (χ3n) is 14.1. The van der Waals surface area contributed by atoms with Crippen LogP contribution in [0.15, 0.2) is 97.1 Å². The Morgan fingerprint density at radius 1 is 0.313 bits per heavy atom. The molecule has 0 nitrogen and oxygen atoms in total. The van der Waals surface area contributed by atoms with Gasteiger partial charge in [0.2, 0.25) is 0 Å². The van der Waals surface area contributed by atoms with E-state index in [1.54, 1.807) is 42.4 Å². The Morgan fingerprint density at radius 2 is 0.522 bits per heavy atom. The summed E-state index contributed by atoms with van der Waals surface area (Å²) < 4.78 is 0. The Balaban J connectivity index is 1.31. The van der Waals surface area contributed by atoms with Gasteiger partial charge in [-0.3, -0.25) is 0 Å². The molecule has 0 aromatic heterocycles. The quantitative estimate of drug-likeness (QED) is 0.120. The molecule has 0 radical (unpaired) electrons. The van der Waals surface area contributed by atoms with Crippen molar-refractivity contribution in [1.29, 1.82) is 0 Å². The molecular formula is C63H76P4. The average Bonchev–Trinajstić information content (AvgIpc) is 3.18. The first-order valence-electron chi connectivity index (χ1n) is 24.6. The second kappa shape index (κ2) is 18.9. The fourth-order valence-electron chi connectivity index (χ4n) is 11.8. The van der Waals surface area contributed by atoms with Gasteiger partial charge in [0, 0.05) is 32.5 Å². The van der Waals surface area contributed by atoms with Crippen LogP contribution in [0.5, 0.6) is 0 Å². The molecule has 8 rings (SSSR count). The van der Waals surface area contributed by atoms with E-state index in [2.05, 4.69) is 222 Å². The van der Waals surface area contributed by atoms with Crippen molar-refractivity contribution in [3.8, 4) is 0 Å². The molecule has 348 valence electrons. The molecule has 6 aromatic carbocycles. The zero-order chi connectivity index (χ0) is 48.6. The van der Waals surface area contributed by atoms with Crippen molar-refractivity contribution in [2.75, 3.05) is 0 Å². The maximum absolute atomic E-state index is 2.51. The van der Waals surface area contributed by atoms with E-state index in [0.717, 1.165) is 18.7 Å². The highest BCUT2D eigenvalue weighted by Gasteiger charge is 2.44. The van der Waals surface area contributed by atoms with E-state index in [0.29, 0.717) is 0 Å². The minimum atomic E-state index is -0.584. The van der Waals surface area contributed by atoms with Gasteiger partial charge in [-0.15, -0.1) is 14.3 Å². The number of aryl methyl sites for hydroxylation is 12. The molecule has 6 aromatic rings. The van der Waals surface area contributed by atoms with Crippen LogP contribution in [0.2, 0.25) is 0 Å². The van der Waals surface area contributed by atoms with Gasteiger partial charge in [-0.25, -0.2) is 0 Å². The normalized spacial score (nSPS) is 17.6. The van der Waals surface area contributed by atoms with Crippen LogP contribution in [0, 0.1) is 83.1 Å². The fraction of sp³-hybridized carbons (Fsp3) is 0.365. The van der Waals surface area contributed by atoms with Crippen LogP contribution in [0.3, 0.4) is 0 Å². The summed E-state index contributed by atoms with van der Waals surface area (Å²) in [4.78, 5) is 0. The Bertz CT molecular complexity index is 2740. The van der Waals surface area contributed by atoms with E-state index >= 15 is 0 Å². The molecule has 2 aliphatic rings. The van der Waals surface area contributed by atoms with E-state index < -0.39 is 30.2 Å². The lowest BCUT2D eigenvalue weighted by Crippen LogP contribution is -2.29. The highest BCUT2D eigenvalue weighted by atomic mass is 31.2. The molecule has 0 atom stereocenters. The van der Waals surface area contributed by atoms with Crippen LogP contribution in [-0.4, -0.2) is 30.5 Å². The maximum Gasteiger partial charge on any atom is 0.0126 e. The molecule has 0 unspecified atom stereocenters. The number of rotatable bonds is 10. The third kappa shape index (κ3) is 9.50. The van der Waals surface area contributed by atoms with Crippen LogP contribution < -0.4 is 0 Å². The van der Waals surface area contributed by atoms with Gasteiger partial charge < -0.3 is 0 Å². The van der Waals surface area contributed by atoms with Crippen molar-refractivity contribution in [3.63, 3.8) is 0 Å². The van der Waals surface area contributed by atoms with E-state index in [4.69, 9.17) is 0 Å². The maximum atomic E-state index is 2.51. The van der Waals surface area contributed by atoms with Gasteiger partial charge in [-0.05, 0) is 205 Å². The summed E-state index contributed by atoms with van der Waals surface area (Å²) in [5, 5.41) is 7.39. The second-order valence-electron chi connectivity index (χ2n) is 22.3. The standard InChI is InChI=1S/C63H76P4/c1-38-27-42(5)54(43(6)28-38)58-64(59(66(58)62(13,14)15)55-44(7)29-39(2)30-45(55)8)36-52-25-21-19-23-50(52)35-51-24-20-22-26-53(51)37-65-60(56-46(9)31-40(3)32-47(56)10)67(63(16,17)18)61(65)57-48(11)33-41(4)34-49(57)12/h19-34H,35-37H2,1-18H3. The summed E-state index contributed by atoms with van der Waals surface area (Å²) in [5.74, 6) is 0. The summed E-state index contributed by atoms with van der Waals surface area (Å²) in [5.41, 5.74) is 29.3. The lowest BCUT2D eigenvalue weighted by Gasteiger charge is -2.44. The predicted molar refractivity (Wildman–Crippen MR) is 309 cm³/mol. The van der Waals surface area contributed by atoms with E-state index in [1.165, 1.54) is 89.0 Å². The van der Waals surface area contributed by atoms with Gasteiger partial charge in [-0.2, -0.15) is 0 Å². The van der Waals surface area contributed by atoms with Crippen LogP contribution in [-0.2, 0) is 18.7 Å². The first-order chi connectivity index (χ1) is 31.5. The average molecular weight is 957 g/mol. The topological polar surface area (TPSA) is 0 Å². The zero-order valence-electron chi connectivity index (χ0n) is 44.1. The molecule has 0 fully saturated rings. The highest BCUT2D eigenvalue weighted by molar-refractivity contribution is 8.16. The Kier molecular flexibility index (Phi) is 14.0.